The number of nitrogens with zero attached hydrogens (tertiary/aromatic N) is 1. The topological polar surface area (TPSA) is 78.9 Å². The van der Waals surface area contributed by atoms with Crippen LogP contribution in [0, 0.1) is 6.92 Å². The lowest BCUT2D eigenvalue weighted by molar-refractivity contribution is -0.137. The van der Waals surface area contributed by atoms with Gasteiger partial charge in [-0.05, 0) is 24.6 Å². The van der Waals surface area contributed by atoms with Crippen molar-refractivity contribution in [2.45, 2.75) is 6.92 Å². The molecular weight excluding hydrogens is 296 g/mol. The Morgan fingerprint density at radius 2 is 2.10 bits per heavy atom. The van der Waals surface area contributed by atoms with Crippen molar-refractivity contribution in [3.8, 4) is 5.75 Å². The molecule has 1 heterocycles. The van der Waals surface area contributed by atoms with E-state index in [0.717, 1.165) is 10.5 Å². The summed E-state index contributed by atoms with van der Waals surface area (Å²) < 4.78 is 5.23. The number of carbonyl (C=O) groups excluding carboxylic acids is 2. The molecule has 0 bridgehead atoms. The van der Waals surface area contributed by atoms with E-state index in [4.69, 9.17) is 21.4 Å². The summed E-state index contributed by atoms with van der Waals surface area (Å²) in [6, 6.07) is 3.36. The number of hydrogen-bond donors (Lipinski definition) is 2. The number of aliphatic hydroxyl groups excluding tert-OH is 1. The van der Waals surface area contributed by atoms with Crippen LogP contribution in [0.25, 0.3) is 0 Å². The number of hydrogen-bond acceptors (Lipinski definition) is 5. The van der Waals surface area contributed by atoms with E-state index in [1.807, 2.05) is 6.92 Å². The van der Waals surface area contributed by atoms with Gasteiger partial charge in [-0.1, -0.05) is 11.6 Å². The molecule has 112 valence electrons. The second kappa shape index (κ2) is 6.15. The number of rotatable bonds is 5. The van der Waals surface area contributed by atoms with E-state index >= 15 is 0 Å². The maximum atomic E-state index is 12.1. The minimum atomic E-state index is -0.493. The van der Waals surface area contributed by atoms with Crippen molar-refractivity contribution in [2.24, 2.45) is 0 Å². The van der Waals surface area contributed by atoms with E-state index in [2.05, 4.69) is 5.32 Å². The van der Waals surface area contributed by atoms with Crippen molar-refractivity contribution < 1.29 is 19.4 Å². The van der Waals surface area contributed by atoms with Crippen LogP contribution in [-0.2, 0) is 9.59 Å². The SMILES string of the molecule is COc1cc(C)c(Cl)cc1NC1=CC(=O)N(CCO)C1=O. The average molecular weight is 311 g/mol. The van der Waals surface area contributed by atoms with E-state index in [-0.39, 0.29) is 18.8 Å². The molecule has 1 aliphatic heterocycles. The van der Waals surface area contributed by atoms with Gasteiger partial charge in [-0.15, -0.1) is 0 Å². The van der Waals surface area contributed by atoms with Crippen LogP contribution < -0.4 is 10.1 Å². The van der Waals surface area contributed by atoms with E-state index in [1.165, 1.54) is 13.2 Å². The zero-order chi connectivity index (χ0) is 15.6. The Hall–Kier alpha value is -2.05. The summed E-state index contributed by atoms with van der Waals surface area (Å²) in [6.07, 6.45) is 1.19. The first-order valence-corrected chi connectivity index (χ1v) is 6.65. The monoisotopic (exact) mass is 310 g/mol. The minimum absolute atomic E-state index is 0.0366. The van der Waals surface area contributed by atoms with Crippen LogP contribution in [0.3, 0.4) is 0 Å². The Morgan fingerprint density at radius 3 is 2.71 bits per heavy atom. The molecule has 6 nitrogen and oxygen atoms in total. The molecule has 7 heteroatoms. The molecule has 2 N–H and O–H groups in total. The summed E-state index contributed by atoms with van der Waals surface area (Å²) in [5.74, 6) is -0.444. The van der Waals surface area contributed by atoms with Crippen LogP contribution in [-0.4, -0.2) is 42.1 Å². The smallest absolute Gasteiger partial charge is 0.277 e. The van der Waals surface area contributed by atoms with Crippen molar-refractivity contribution in [2.75, 3.05) is 25.6 Å². The third kappa shape index (κ3) is 3.01. The van der Waals surface area contributed by atoms with E-state index in [1.54, 1.807) is 12.1 Å². The molecule has 0 saturated carbocycles. The van der Waals surface area contributed by atoms with E-state index < -0.39 is 11.8 Å². The van der Waals surface area contributed by atoms with Crippen LogP contribution in [0.1, 0.15) is 5.56 Å². The summed E-state index contributed by atoms with van der Waals surface area (Å²) in [6.45, 7) is 1.52. The van der Waals surface area contributed by atoms with Gasteiger partial charge in [0, 0.05) is 11.1 Å². The number of imide groups is 1. The summed E-state index contributed by atoms with van der Waals surface area (Å²) in [4.78, 5) is 24.7. The van der Waals surface area contributed by atoms with Gasteiger partial charge < -0.3 is 15.2 Å². The normalized spacial score (nSPS) is 14.5. The number of halogens is 1. The van der Waals surface area contributed by atoms with Gasteiger partial charge in [0.15, 0.2) is 0 Å². The van der Waals surface area contributed by atoms with Crippen molar-refractivity contribution in [3.05, 3.63) is 34.5 Å². The van der Waals surface area contributed by atoms with Crippen LogP contribution in [0.4, 0.5) is 5.69 Å². The molecule has 0 aromatic heterocycles. The lowest BCUT2D eigenvalue weighted by Gasteiger charge is -2.15. The van der Waals surface area contributed by atoms with Gasteiger partial charge in [0.1, 0.15) is 11.4 Å². The number of carbonyl (C=O) groups is 2. The van der Waals surface area contributed by atoms with E-state index in [9.17, 15) is 9.59 Å². The largest absolute Gasteiger partial charge is 0.495 e. The molecule has 2 amide bonds. The van der Waals surface area contributed by atoms with Crippen LogP contribution in [0.15, 0.2) is 23.9 Å². The van der Waals surface area contributed by atoms with Crippen LogP contribution in [0.5, 0.6) is 5.75 Å². The average Bonchev–Trinajstić information content (AvgIpc) is 2.70. The van der Waals surface area contributed by atoms with Crippen LogP contribution in [0.2, 0.25) is 5.02 Å². The first-order chi connectivity index (χ1) is 9.97. The zero-order valence-corrected chi connectivity index (χ0v) is 12.4. The summed E-state index contributed by atoms with van der Waals surface area (Å²) in [7, 11) is 1.50. The highest BCUT2D eigenvalue weighted by atomic mass is 35.5. The second-order valence-electron chi connectivity index (χ2n) is 4.50. The highest BCUT2D eigenvalue weighted by Gasteiger charge is 2.31. The van der Waals surface area contributed by atoms with Gasteiger partial charge in [0.25, 0.3) is 11.8 Å². The van der Waals surface area contributed by atoms with Gasteiger partial charge >= 0.3 is 0 Å². The van der Waals surface area contributed by atoms with E-state index in [0.29, 0.717) is 16.5 Å². The van der Waals surface area contributed by atoms with Gasteiger partial charge in [-0.2, -0.15) is 0 Å². The zero-order valence-electron chi connectivity index (χ0n) is 11.6. The highest BCUT2D eigenvalue weighted by molar-refractivity contribution is 6.31. The quantitative estimate of drug-likeness (QED) is 0.802. The maximum Gasteiger partial charge on any atom is 0.277 e. The Balaban J connectivity index is 2.27. The highest BCUT2D eigenvalue weighted by Crippen LogP contribution is 2.32. The molecule has 0 saturated heterocycles. The molecule has 0 spiro atoms. The number of β-amino-alcohol motifs (C(OH)–C–C–N with tert-alkyl or cyclic N) is 1. The number of methoxy groups -OCH3 is 1. The Labute approximate surface area is 126 Å². The predicted molar refractivity (Wildman–Crippen MR) is 78.3 cm³/mol. The molecular formula is C14H15ClN2O4. The molecule has 1 aromatic carbocycles. The van der Waals surface area contributed by atoms with Crippen molar-refractivity contribution >= 4 is 29.1 Å². The molecule has 0 aliphatic carbocycles. The number of anilines is 1. The number of aryl methyl sites for hydroxylation is 1. The fourth-order valence-electron chi connectivity index (χ4n) is 1.98. The van der Waals surface area contributed by atoms with Gasteiger partial charge in [-0.25, -0.2) is 0 Å². The third-order valence-electron chi connectivity index (χ3n) is 3.08. The number of ether oxygens (including phenoxy) is 1. The van der Waals surface area contributed by atoms with Crippen molar-refractivity contribution in [3.63, 3.8) is 0 Å². The first-order valence-electron chi connectivity index (χ1n) is 6.27. The minimum Gasteiger partial charge on any atom is -0.495 e. The van der Waals surface area contributed by atoms with Gasteiger partial charge in [-0.3, -0.25) is 14.5 Å². The lowest BCUT2D eigenvalue weighted by atomic mass is 10.2. The second-order valence-corrected chi connectivity index (χ2v) is 4.91. The lowest BCUT2D eigenvalue weighted by Crippen LogP contribution is -2.34. The third-order valence-corrected chi connectivity index (χ3v) is 3.49. The Morgan fingerprint density at radius 1 is 1.38 bits per heavy atom. The summed E-state index contributed by atoms with van der Waals surface area (Å²) in [5.41, 5.74) is 1.45. The molecule has 0 fully saturated rings. The number of amides is 2. The molecule has 21 heavy (non-hydrogen) atoms. The maximum absolute atomic E-state index is 12.1. The van der Waals surface area contributed by atoms with Crippen LogP contribution >= 0.6 is 11.6 Å². The predicted octanol–water partition coefficient (Wildman–Crippen LogP) is 1.31. The fourth-order valence-corrected chi connectivity index (χ4v) is 2.14. The molecule has 2 rings (SSSR count). The first kappa shape index (κ1) is 15.3. The number of benzene rings is 1. The standard InChI is InChI=1S/C14H15ClN2O4/c1-8-5-12(21-2)10(6-9(8)15)16-11-7-13(19)17(3-4-18)14(11)20/h5-7,16,18H,3-4H2,1-2H3. The molecule has 0 atom stereocenters. The molecule has 1 aliphatic rings. The Kier molecular flexibility index (Phi) is 4.50. The summed E-state index contributed by atoms with van der Waals surface area (Å²) in [5, 5.41) is 12.2. The molecule has 1 aromatic rings. The van der Waals surface area contributed by atoms with Gasteiger partial charge in [0.2, 0.25) is 0 Å². The van der Waals surface area contributed by atoms with Gasteiger partial charge in [0.05, 0.1) is 25.9 Å². The Bertz CT molecular complexity index is 628. The fraction of sp³-hybridized carbons (Fsp3) is 0.286. The molecule has 0 unspecified atom stereocenters. The molecule has 0 radical (unpaired) electrons. The van der Waals surface area contributed by atoms with Crippen molar-refractivity contribution in [1.82, 2.24) is 4.90 Å². The number of aliphatic hydroxyl groups is 1. The summed E-state index contributed by atoms with van der Waals surface area (Å²) >= 11 is 6.06. The van der Waals surface area contributed by atoms with Crippen molar-refractivity contribution in [1.29, 1.82) is 0 Å². The number of nitrogens with one attached hydrogen (secondary N) is 1.